The Kier molecular flexibility index (Phi) is 4.93. The summed E-state index contributed by atoms with van der Waals surface area (Å²) in [5.74, 6) is 2.08. The number of hydrogen-bond acceptors (Lipinski definition) is 4. The Balaban J connectivity index is 1.37. The first-order chi connectivity index (χ1) is 13.6. The van der Waals surface area contributed by atoms with E-state index in [9.17, 15) is 4.79 Å². The lowest BCUT2D eigenvalue weighted by Crippen LogP contribution is -2.28. The van der Waals surface area contributed by atoms with Gasteiger partial charge in [-0.2, -0.15) is 0 Å². The molecule has 1 N–H and O–H groups in total. The highest BCUT2D eigenvalue weighted by Gasteiger charge is 2.15. The van der Waals surface area contributed by atoms with Crippen molar-refractivity contribution < 1.29 is 9.21 Å². The van der Waals surface area contributed by atoms with E-state index in [1.54, 1.807) is 0 Å². The lowest BCUT2D eigenvalue weighted by Gasteiger charge is -2.04. The van der Waals surface area contributed by atoms with E-state index in [2.05, 4.69) is 15.3 Å². The van der Waals surface area contributed by atoms with Gasteiger partial charge in [0.2, 0.25) is 11.8 Å². The second kappa shape index (κ2) is 7.68. The van der Waals surface area contributed by atoms with Crippen LogP contribution in [0.1, 0.15) is 22.8 Å². The van der Waals surface area contributed by atoms with E-state index < -0.39 is 0 Å². The number of nitrogens with zero attached hydrogens (tertiary/aromatic N) is 3. The average Bonchev–Trinajstić information content (AvgIpc) is 3.26. The third kappa shape index (κ3) is 3.67. The number of amides is 1. The van der Waals surface area contributed by atoms with Crippen molar-refractivity contribution in [1.82, 2.24) is 19.7 Å². The predicted molar refractivity (Wildman–Crippen MR) is 107 cm³/mol. The molecule has 0 atom stereocenters. The van der Waals surface area contributed by atoms with Crippen LogP contribution in [0.3, 0.4) is 0 Å². The number of nitrogens with one attached hydrogen (secondary N) is 1. The number of carbonyl (C=O) groups is 1. The normalized spacial score (nSPS) is 11.1. The largest absolute Gasteiger partial charge is 0.441 e. The molecule has 0 saturated carbocycles. The number of oxazole rings is 1. The highest BCUT2D eigenvalue weighted by Crippen LogP contribution is 2.24. The maximum atomic E-state index is 12.3. The Morgan fingerprint density at radius 3 is 2.82 bits per heavy atom. The summed E-state index contributed by atoms with van der Waals surface area (Å²) in [7, 11) is 0. The number of fused-ring (bicyclic) bond motifs is 1. The molecule has 4 aromatic rings. The molecule has 0 radical (unpaired) electrons. The molecule has 0 spiro atoms. The van der Waals surface area contributed by atoms with Crippen molar-refractivity contribution in [3.8, 4) is 11.5 Å². The number of aryl methyl sites for hydroxylation is 2. The zero-order valence-corrected chi connectivity index (χ0v) is 16.0. The number of aromatic nitrogens is 3. The van der Waals surface area contributed by atoms with Crippen LogP contribution in [0, 0.1) is 13.8 Å². The van der Waals surface area contributed by atoms with Crippen LogP contribution in [-0.2, 0) is 17.6 Å². The SMILES string of the molecule is Cc1ccccc1-c1nc(CC(=O)NCCc2ncc3ccccn23)c(C)o1. The Hall–Kier alpha value is -3.41. The lowest BCUT2D eigenvalue weighted by molar-refractivity contribution is -0.120. The predicted octanol–water partition coefficient (Wildman–Crippen LogP) is 3.51. The molecular formula is C22H22N4O2. The summed E-state index contributed by atoms with van der Waals surface area (Å²) in [5, 5.41) is 2.95. The summed E-state index contributed by atoms with van der Waals surface area (Å²) in [6, 6.07) is 13.9. The molecule has 0 aliphatic heterocycles. The average molecular weight is 374 g/mol. The van der Waals surface area contributed by atoms with Gasteiger partial charge >= 0.3 is 0 Å². The summed E-state index contributed by atoms with van der Waals surface area (Å²) in [6.45, 7) is 4.38. The molecule has 0 unspecified atom stereocenters. The third-order valence-electron chi connectivity index (χ3n) is 4.78. The van der Waals surface area contributed by atoms with E-state index in [1.807, 2.05) is 73.1 Å². The maximum Gasteiger partial charge on any atom is 0.226 e. The van der Waals surface area contributed by atoms with Gasteiger partial charge in [-0.15, -0.1) is 0 Å². The minimum atomic E-state index is -0.0754. The van der Waals surface area contributed by atoms with E-state index in [-0.39, 0.29) is 12.3 Å². The first kappa shape index (κ1) is 18.0. The van der Waals surface area contributed by atoms with Gasteiger partial charge in [0, 0.05) is 24.7 Å². The molecule has 142 valence electrons. The lowest BCUT2D eigenvalue weighted by atomic mass is 10.1. The molecular weight excluding hydrogens is 352 g/mol. The molecule has 6 heteroatoms. The monoisotopic (exact) mass is 374 g/mol. The van der Waals surface area contributed by atoms with Crippen LogP contribution < -0.4 is 5.32 Å². The van der Waals surface area contributed by atoms with Crippen LogP contribution in [0.5, 0.6) is 0 Å². The standard InChI is InChI=1S/C22H22N4O2/c1-15-7-3-4-9-18(15)22-25-19(16(2)28-22)13-21(27)23-11-10-20-24-14-17-8-5-6-12-26(17)20/h3-9,12,14H,10-11,13H2,1-2H3,(H,23,27). The van der Waals surface area contributed by atoms with Gasteiger partial charge in [-0.3, -0.25) is 4.79 Å². The number of hydrogen-bond donors (Lipinski definition) is 1. The van der Waals surface area contributed by atoms with Crippen molar-refractivity contribution in [3.63, 3.8) is 0 Å². The molecule has 0 fully saturated rings. The van der Waals surface area contributed by atoms with Gasteiger partial charge < -0.3 is 14.1 Å². The van der Waals surface area contributed by atoms with Crippen molar-refractivity contribution in [2.75, 3.05) is 6.54 Å². The zero-order chi connectivity index (χ0) is 19.5. The van der Waals surface area contributed by atoms with E-state index >= 15 is 0 Å². The molecule has 1 aromatic carbocycles. The molecule has 1 amide bonds. The Labute approximate surface area is 163 Å². The van der Waals surface area contributed by atoms with Crippen LogP contribution in [0.4, 0.5) is 0 Å². The number of carbonyl (C=O) groups excluding carboxylic acids is 1. The summed E-state index contributed by atoms with van der Waals surface area (Å²) < 4.78 is 7.82. The smallest absolute Gasteiger partial charge is 0.226 e. The molecule has 0 saturated heterocycles. The van der Waals surface area contributed by atoms with Crippen molar-refractivity contribution in [2.24, 2.45) is 0 Å². The van der Waals surface area contributed by atoms with E-state index in [1.165, 1.54) is 0 Å². The summed E-state index contributed by atoms with van der Waals surface area (Å²) in [6.07, 6.45) is 4.67. The molecule has 0 aliphatic rings. The Morgan fingerprint density at radius 1 is 1.14 bits per heavy atom. The van der Waals surface area contributed by atoms with Crippen LogP contribution in [0.25, 0.3) is 17.0 Å². The Bertz CT molecular complexity index is 1130. The zero-order valence-electron chi connectivity index (χ0n) is 16.0. The van der Waals surface area contributed by atoms with Gasteiger partial charge in [0.25, 0.3) is 0 Å². The molecule has 0 bridgehead atoms. The van der Waals surface area contributed by atoms with Gasteiger partial charge in [0.15, 0.2) is 0 Å². The number of imidazole rings is 1. The number of pyridine rings is 1. The summed E-state index contributed by atoms with van der Waals surface area (Å²) in [4.78, 5) is 21.3. The van der Waals surface area contributed by atoms with Crippen LogP contribution in [0.15, 0.2) is 59.3 Å². The van der Waals surface area contributed by atoms with Gasteiger partial charge in [0.1, 0.15) is 11.6 Å². The van der Waals surface area contributed by atoms with Crippen LogP contribution >= 0.6 is 0 Å². The summed E-state index contributed by atoms with van der Waals surface area (Å²) >= 11 is 0. The van der Waals surface area contributed by atoms with Gasteiger partial charge in [-0.25, -0.2) is 9.97 Å². The van der Waals surface area contributed by atoms with Gasteiger partial charge in [0.05, 0.1) is 23.8 Å². The second-order valence-corrected chi connectivity index (χ2v) is 6.78. The summed E-state index contributed by atoms with van der Waals surface area (Å²) in [5.41, 5.74) is 3.75. The molecule has 3 heterocycles. The maximum absolute atomic E-state index is 12.3. The van der Waals surface area contributed by atoms with E-state index in [0.717, 1.165) is 22.5 Å². The second-order valence-electron chi connectivity index (χ2n) is 6.78. The fourth-order valence-corrected chi connectivity index (χ4v) is 3.23. The van der Waals surface area contributed by atoms with Crippen LogP contribution in [0.2, 0.25) is 0 Å². The highest BCUT2D eigenvalue weighted by molar-refractivity contribution is 5.78. The fourth-order valence-electron chi connectivity index (χ4n) is 3.23. The topological polar surface area (TPSA) is 72.4 Å². The van der Waals surface area contributed by atoms with Gasteiger partial charge in [-0.05, 0) is 37.6 Å². The highest BCUT2D eigenvalue weighted by atomic mass is 16.4. The van der Waals surface area contributed by atoms with Crippen LogP contribution in [-0.4, -0.2) is 26.8 Å². The molecule has 4 rings (SSSR count). The third-order valence-corrected chi connectivity index (χ3v) is 4.78. The van der Waals surface area contributed by atoms with Crippen molar-refractivity contribution in [2.45, 2.75) is 26.7 Å². The van der Waals surface area contributed by atoms with E-state index in [4.69, 9.17) is 4.42 Å². The van der Waals surface area contributed by atoms with Crippen molar-refractivity contribution in [1.29, 1.82) is 0 Å². The first-order valence-electron chi connectivity index (χ1n) is 9.32. The van der Waals surface area contributed by atoms with Crippen molar-refractivity contribution >= 4 is 11.4 Å². The molecule has 3 aromatic heterocycles. The molecule has 0 aliphatic carbocycles. The first-order valence-corrected chi connectivity index (χ1v) is 9.32. The number of rotatable bonds is 6. The van der Waals surface area contributed by atoms with E-state index in [0.29, 0.717) is 30.3 Å². The van der Waals surface area contributed by atoms with Gasteiger partial charge in [-0.1, -0.05) is 24.3 Å². The van der Waals surface area contributed by atoms with Crippen molar-refractivity contribution in [3.05, 3.63) is 77.7 Å². The minimum Gasteiger partial charge on any atom is -0.441 e. The Morgan fingerprint density at radius 2 is 1.96 bits per heavy atom. The fraction of sp³-hybridized carbons (Fsp3) is 0.227. The number of benzene rings is 1. The molecule has 28 heavy (non-hydrogen) atoms. The molecule has 6 nitrogen and oxygen atoms in total. The minimum absolute atomic E-state index is 0.0754. The quantitative estimate of drug-likeness (QED) is 0.561.